The number of hydrazine groups is 1. The zero-order chi connectivity index (χ0) is 21.8. The molecule has 0 aliphatic heterocycles. The van der Waals surface area contributed by atoms with Crippen LogP contribution < -0.4 is 15.6 Å². The molecule has 0 spiro atoms. The molecule has 1 amide bonds. The van der Waals surface area contributed by atoms with Crippen LogP contribution in [-0.4, -0.2) is 25.1 Å². The molecule has 3 rings (SSSR count). The van der Waals surface area contributed by atoms with Crippen LogP contribution in [0.4, 0.5) is 5.69 Å². The van der Waals surface area contributed by atoms with Crippen LogP contribution in [-0.2, 0) is 14.8 Å². The predicted molar refractivity (Wildman–Crippen MR) is 121 cm³/mol. The van der Waals surface area contributed by atoms with Crippen LogP contribution in [0.15, 0.2) is 54.6 Å². The van der Waals surface area contributed by atoms with Crippen molar-refractivity contribution >= 4 is 21.6 Å². The van der Waals surface area contributed by atoms with Crippen molar-refractivity contribution in [2.45, 2.75) is 57.2 Å². The van der Waals surface area contributed by atoms with Gasteiger partial charge in [0.15, 0.2) is 0 Å². The van der Waals surface area contributed by atoms with E-state index in [-0.39, 0.29) is 17.9 Å². The zero-order valence-corrected chi connectivity index (χ0v) is 18.6. The normalized spacial score (nSPS) is 19.8. The second-order valence-electron chi connectivity index (χ2n) is 8.84. The van der Waals surface area contributed by atoms with E-state index < -0.39 is 14.8 Å². The summed E-state index contributed by atoms with van der Waals surface area (Å²) in [5.41, 5.74) is 8.84. The lowest BCUT2D eigenvalue weighted by Crippen LogP contribution is -2.47. The second kappa shape index (κ2) is 9.18. The molecule has 162 valence electrons. The minimum absolute atomic E-state index is 0.0562. The lowest BCUT2D eigenvalue weighted by Gasteiger charge is -2.30. The lowest BCUT2D eigenvalue weighted by atomic mass is 9.86. The molecular weight excluding hydrogens is 398 g/mol. The van der Waals surface area contributed by atoms with Gasteiger partial charge in [0.1, 0.15) is 0 Å². The van der Waals surface area contributed by atoms with Crippen LogP contribution >= 0.6 is 0 Å². The highest BCUT2D eigenvalue weighted by Gasteiger charge is 2.34. The summed E-state index contributed by atoms with van der Waals surface area (Å²) in [6, 6.07) is 17.9. The molecule has 0 heterocycles. The van der Waals surface area contributed by atoms with Gasteiger partial charge in [-0.15, -0.1) is 0 Å². The van der Waals surface area contributed by atoms with E-state index in [1.807, 2.05) is 42.5 Å². The third-order valence-corrected chi connectivity index (χ3v) is 7.80. The van der Waals surface area contributed by atoms with Gasteiger partial charge in [-0.05, 0) is 69.7 Å². The van der Waals surface area contributed by atoms with Gasteiger partial charge in [-0.1, -0.05) is 42.5 Å². The smallest absolute Gasteiger partial charge is 0.241 e. The van der Waals surface area contributed by atoms with E-state index in [2.05, 4.69) is 27.7 Å². The second-order valence-corrected chi connectivity index (χ2v) is 11.3. The number of sulfonamides is 1. The van der Waals surface area contributed by atoms with E-state index in [1.54, 1.807) is 20.8 Å². The highest BCUT2D eigenvalue weighted by atomic mass is 32.2. The van der Waals surface area contributed by atoms with Gasteiger partial charge < -0.3 is 0 Å². The van der Waals surface area contributed by atoms with E-state index in [4.69, 9.17) is 0 Å². The van der Waals surface area contributed by atoms with Crippen LogP contribution in [0.3, 0.4) is 0 Å². The average Bonchev–Trinajstić information content (AvgIpc) is 2.72. The van der Waals surface area contributed by atoms with Crippen LogP contribution in [0.5, 0.6) is 0 Å². The van der Waals surface area contributed by atoms with Crippen LogP contribution in [0.2, 0.25) is 0 Å². The molecule has 0 aromatic heterocycles. The first kappa shape index (κ1) is 22.3. The molecule has 0 bridgehead atoms. The Morgan fingerprint density at radius 2 is 1.43 bits per heavy atom. The standard InChI is InChI=1S/C23H31N3O3S/c1-23(2,3)30(28,29)26-21-15-11-19(12-16-21)22(27)25-24-20-13-9-18(10-14-20)17-7-5-4-6-8-17/h4-10,13-14,19,21,24,26H,11-12,15-16H2,1-3H3,(H,25,27)/t19-,21-. The Morgan fingerprint density at radius 3 is 2.00 bits per heavy atom. The SMILES string of the molecule is CC(C)(C)S(=O)(=O)N[C@H]1CC[C@H](C(=O)NNc2ccc(-c3ccccc3)cc2)CC1. The Morgan fingerprint density at radius 1 is 0.867 bits per heavy atom. The van der Waals surface area contributed by atoms with Crippen molar-refractivity contribution in [2.75, 3.05) is 5.43 Å². The molecule has 0 radical (unpaired) electrons. The van der Waals surface area contributed by atoms with Gasteiger partial charge in [-0.3, -0.25) is 15.6 Å². The van der Waals surface area contributed by atoms with E-state index in [0.717, 1.165) is 16.8 Å². The Labute approximate surface area is 179 Å². The van der Waals surface area contributed by atoms with Crippen LogP contribution in [0.1, 0.15) is 46.5 Å². The van der Waals surface area contributed by atoms with Crippen LogP contribution in [0.25, 0.3) is 11.1 Å². The van der Waals surface area contributed by atoms with E-state index >= 15 is 0 Å². The minimum atomic E-state index is -3.37. The largest absolute Gasteiger partial charge is 0.299 e. The fraction of sp³-hybridized carbons (Fsp3) is 0.435. The number of hydrogen-bond donors (Lipinski definition) is 3. The summed E-state index contributed by atoms with van der Waals surface area (Å²) in [5.74, 6) is -0.171. The molecule has 2 aromatic rings. The zero-order valence-electron chi connectivity index (χ0n) is 17.8. The number of amides is 1. The fourth-order valence-electron chi connectivity index (χ4n) is 3.48. The average molecular weight is 430 g/mol. The fourth-order valence-corrected chi connectivity index (χ4v) is 4.51. The number of nitrogens with one attached hydrogen (secondary N) is 3. The van der Waals surface area contributed by atoms with Gasteiger partial charge in [0.2, 0.25) is 15.9 Å². The van der Waals surface area contributed by atoms with Crippen molar-refractivity contribution in [2.24, 2.45) is 5.92 Å². The molecule has 7 heteroatoms. The maximum atomic E-state index is 12.5. The summed E-state index contributed by atoms with van der Waals surface area (Å²) < 4.78 is 26.6. The van der Waals surface area contributed by atoms with Gasteiger partial charge in [-0.25, -0.2) is 13.1 Å². The molecule has 1 aliphatic rings. The van der Waals surface area contributed by atoms with Crippen molar-refractivity contribution in [1.82, 2.24) is 10.1 Å². The van der Waals surface area contributed by atoms with Crippen molar-refractivity contribution in [3.05, 3.63) is 54.6 Å². The first-order chi connectivity index (χ1) is 14.2. The van der Waals surface area contributed by atoms with E-state index in [1.165, 1.54) is 0 Å². The van der Waals surface area contributed by atoms with E-state index in [0.29, 0.717) is 25.7 Å². The molecule has 6 nitrogen and oxygen atoms in total. The van der Waals surface area contributed by atoms with Gasteiger partial charge in [0.05, 0.1) is 10.4 Å². The lowest BCUT2D eigenvalue weighted by molar-refractivity contribution is -0.125. The molecular formula is C23H31N3O3S. The van der Waals surface area contributed by atoms with E-state index in [9.17, 15) is 13.2 Å². The molecule has 30 heavy (non-hydrogen) atoms. The summed E-state index contributed by atoms with van der Waals surface area (Å²) >= 11 is 0. The molecule has 1 saturated carbocycles. The third-order valence-electron chi connectivity index (χ3n) is 5.55. The quantitative estimate of drug-likeness (QED) is 0.604. The summed E-state index contributed by atoms with van der Waals surface area (Å²) in [7, 11) is -3.37. The number of anilines is 1. The number of carbonyl (C=O) groups excluding carboxylic acids is 1. The Kier molecular flexibility index (Phi) is 6.83. The maximum Gasteiger partial charge on any atom is 0.241 e. The highest BCUT2D eigenvalue weighted by Crippen LogP contribution is 2.27. The molecule has 2 aromatic carbocycles. The highest BCUT2D eigenvalue weighted by molar-refractivity contribution is 7.90. The van der Waals surface area contributed by atoms with Gasteiger partial charge >= 0.3 is 0 Å². The summed E-state index contributed by atoms with van der Waals surface area (Å²) in [6.45, 7) is 5.06. The number of hydrogen-bond acceptors (Lipinski definition) is 4. The predicted octanol–water partition coefficient (Wildman–Crippen LogP) is 4.07. The Balaban J connectivity index is 1.46. The van der Waals surface area contributed by atoms with Crippen molar-refractivity contribution < 1.29 is 13.2 Å². The topological polar surface area (TPSA) is 87.3 Å². The maximum absolute atomic E-state index is 12.5. The van der Waals surface area contributed by atoms with Crippen molar-refractivity contribution in [3.63, 3.8) is 0 Å². The molecule has 0 atom stereocenters. The third kappa shape index (κ3) is 5.61. The monoisotopic (exact) mass is 429 g/mol. The molecule has 3 N–H and O–H groups in total. The Hall–Kier alpha value is -2.38. The first-order valence-corrected chi connectivity index (χ1v) is 11.9. The Bertz CT molecular complexity index is 943. The van der Waals surface area contributed by atoms with Gasteiger partial charge in [0.25, 0.3) is 0 Å². The molecule has 0 saturated heterocycles. The number of carbonyl (C=O) groups is 1. The first-order valence-electron chi connectivity index (χ1n) is 10.4. The van der Waals surface area contributed by atoms with Crippen LogP contribution in [0, 0.1) is 5.92 Å². The molecule has 0 unspecified atom stereocenters. The molecule has 1 fully saturated rings. The molecule has 1 aliphatic carbocycles. The number of rotatable bonds is 6. The minimum Gasteiger partial charge on any atom is -0.299 e. The van der Waals surface area contributed by atoms with Gasteiger partial charge in [0, 0.05) is 12.0 Å². The van der Waals surface area contributed by atoms with Gasteiger partial charge in [-0.2, -0.15) is 0 Å². The summed E-state index contributed by atoms with van der Waals surface area (Å²) in [4.78, 5) is 12.5. The van der Waals surface area contributed by atoms with Crippen molar-refractivity contribution in [1.29, 1.82) is 0 Å². The number of benzene rings is 2. The van der Waals surface area contributed by atoms with Crippen molar-refractivity contribution in [3.8, 4) is 11.1 Å². The summed E-state index contributed by atoms with van der Waals surface area (Å²) in [6.07, 6.45) is 2.66. The summed E-state index contributed by atoms with van der Waals surface area (Å²) in [5, 5.41) is 0.